The summed E-state index contributed by atoms with van der Waals surface area (Å²) in [7, 11) is 0. The highest BCUT2D eigenvalue weighted by atomic mass is 16.2. The van der Waals surface area contributed by atoms with Gasteiger partial charge in [-0.1, -0.05) is 6.07 Å². The van der Waals surface area contributed by atoms with Crippen molar-refractivity contribution in [2.45, 2.75) is 13.8 Å². The number of rotatable bonds is 4. The van der Waals surface area contributed by atoms with E-state index in [1.807, 2.05) is 86.9 Å². The van der Waals surface area contributed by atoms with Crippen LogP contribution in [0.1, 0.15) is 11.1 Å². The summed E-state index contributed by atoms with van der Waals surface area (Å²) < 4.78 is 0. The van der Waals surface area contributed by atoms with E-state index in [0.29, 0.717) is 11.2 Å². The van der Waals surface area contributed by atoms with Gasteiger partial charge in [-0.05, 0) is 79.6 Å². The zero-order valence-electron chi connectivity index (χ0n) is 17.7. The first-order valence-electron chi connectivity index (χ1n) is 10.3. The normalized spacial score (nSPS) is 10.9. The topological polar surface area (TPSA) is 98.5 Å². The number of anilines is 2. The number of carbonyl (C=O) groups is 1. The number of aromatic amines is 2. The molecule has 5 rings (SSSR count). The third-order valence-electron chi connectivity index (χ3n) is 5.39. The molecule has 0 aliphatic carbocycles. The molecule has 0 unspecified atom stereocenters. The number of aromatic nitrogens is 4. The van der Waals surface area contributed by atoms with Crippen LogP contribution in [0.25, 0.3) is 33.8 Å². The molecule has 2 aromatic carbocycles. The third kappa shape index (κ3) is 3.83. The second-order valence-electron chi connectivity index (χ2n) is 7.67. The molecule has 0 aliphatic rings. The standard InChI is InChI=1S/C25H22N6O/c1-15-7-8-17(13-16(15)2)28-25(32)29-18-9-10-19-22(14-18)31-24(21-6-4-12-27-21)23(30-19)20-5-3-11-26-20/h3-14,26-27H,1-2H3,(H2,28,29,32). The average molecular weight is 422 g/mol. The number of aryl methyl sites for hydroxylation is 2. The van der Waals surface area contributed by atoms with Crippen molar-refractivity contribution in [1.29, 1.82) is 0 Å². The summed E-state index contributed by atoms with van der Waals surface area (Å²) in [5.74, 6) is 0. The predicted molar refractivity (Wildman–Crippen MR) is 128 cm³/mol. The van der Waals surface area contributed by atoms with E-state index in [-0.39, 0.29) is 6.03 Å². The minimum atomic E-state index is -0.312. The van der Waals surface area contributed by atoms with Gasteiger partial charge in [-0.15, -0.1) is 0 Å². The average Bonchev–Trinajstić information content (AvgIpc) is 3.50. The van der Waals surface area contributed by atoms with Gasteiger partial charge in [0, 0.05) is 23.8 Å². The number of nitrogens with zero attached hydrogens (tertiary/aromatic N) is 2. The monoisotopic (exact) mass is 422 g/mol. The Balaban J connectivity index is 1.46. The summed E-state index contributed by atoms with van der Waals surface area (Å²) >= 11 is 0. The van der Waals surface area contributed by atoms with E-state index < -0.39 is 0 Å². The Morgan fingerprint density at radius 3 is 1.91 bits per heavy atom. The van der Waals surface area contributed by atoms with Crippen molar-refractivity contribution >= 4 is 28.4 Å². The maximum absolute atomic E-state index is 12.5. The Kier molecular flexibility index (Phi) is 4.91. The van der Waals surface area contributed by atoms with Crippen LogP contribution < -0.4 is 10.6 Å². The number of benzene rings is 2. The third-order valence-corrected chi connectivity index (χ3v) is 5.39. The van der Waals surface area contributed by atoms with Crippen LogP contribution >= 0.6 is 0 Å². The number of amides is 2. The van der Waals surface area contributed by atoms with E-state index >= 15 is 0 Å². The van der Waals surface area contributed by atoms with Crippen LogP contribution in [-0.4, -0.2) is 26.0 Å². The first-order chi connectivity index (χ1) is 15.6. The van der Waals surface area contributed by atoms with Crippen molar-refractivity contribution < 1.29 is 4.79 Å². The summed E-state index contributed by atoms with van der Waals surface area (Å²) in [6, 6.07) is 18.8. The number of carbonyl (C=O) groups excluding carboxylic acids is 1. The maximum Gasteiger partial charge on any atom is 0.323 e. The number of hydrogen-bond acceptors (Lipinski definition) is 3. The first-order valence-corrected chi connectivity index (χ1v) is 10.3. The first kappa shape index (κ1) is 19.6. The minimum absolute atomic E-state index is 0.312. The van der Waals surface area contributed by atoms with Crippen molar-refractivity contribution in [2.75, 3.05) is 10.6 Å². The lowest BCUT2D eigenvalue weighted by Crippen LogP contribution is -2.19. The highest BCUT2D eigenvalue weighted by molar-refractivity contribution is 6.01. The Morgan fingerprint density at radius 1 is 0.719 bits per heavy atom. The van der Waals surface area contributed by atoms with Crippen LogP contribution in [0.2, 0.25) is 0 Å². The van der Waals surface area contributed by atoms with Crippen molar-refractivity contribution in [3.63, 3.8) is 0 Å². The molecule has 2 amide bonds. The number of fused-ring (bicyclic) bond motifs is 1. The molecule has 0 atom stereocenters. The molecule has 3 heterocycles. The summed E-state index contributed by atoms with van der Waals surface area (Å²) in [4.78, 5) is 28.6. The molecule has 5 aromatic rings. The molecule has 0 saturated carbocycles. The Labute approximate surface area is 184 Å². The van der Waals surface area contributed by atoms with Gasteiger partial charge >= 0.3 is 6.03 Å². The number of hydrogen-bond donors (Lipinski definition) is 4. The van der Waals surface area contributed by atoms with E-state index in [1.165, 1.54) is 5.56 Å². The lowest BCUT2D eigenvalue weighted by molar-refractivity contribution is 0.262. The lowest BCUT2D eigenvalue weighted by atomic mass is 10.1. The Morgan fingerprint density at radius 2 is 1.31 bits per heavy atom. The van der Waals surface area contributed by atoms with Gasteiger partial charge in [-0.3, -0.25) is 0 Å². The molecule has 0 bridgehead atoms. The van der Waals surface area contributed by atoms with Gasteiger partial charge in [0.05, 0.1) is 22.4 Å². The van der Waals surface area contributed by atoms with Gasteiger partial charge in [0.25, 0.3) is 0 Å². The van der Waals surface area contributed by atoms with Crippen molar-refractivity contribution in [3.05, 3.63) is 84.2 Å². The van der Waals surface area contributed by atoms with Crippen molar-refractivity contribution in [2.24, 2.45) is 0 Å². The number of H-pyrrole nitrogens is 2. The fraction of sp³-hybridized carbons (Fsp3) is 0.0800. The smallest absolute Gasteiger partial charge is 0.323 e. The SMILES string of the molecule is Cc1ccc(NC(=O)Nc2ccc3nc(-c4ccc[nH]4)c(-c4ccc[nH]4)nc3c2)cc1C. The van der Waals surface area contributed by atoms with Crippen LogP contribution in [0.5, 0.6) is 0 Å². The second-order valence-corrected chi connectivity index (χ2v) is 7.67. The molecule has 0 spiro atoms. The minimum Gasteiger partial charge on any atom is -0.360 e. The zero-order valence-corrected chi connectivity index (χ0v) is 17.7. The van der Waals surface area contributed by atoms with Crippen LogP contribution in [0.15, 0.2) is 73.1 Å². The zero-order chi connectivity index (χ0) is 22.1. The molecule has 7 heteroatoms. The highest BCUT2D eigenvalue weighted by Gasteiger charge is 2.15. The van der Waals surface area contributed by atoms with E-state index in [0.717, 1.165) is 39.5 Å². The summed E-state index contributed by atoms with van der Waals surface area (Å²) in [6.07, 6.45) is 3.72. The largest absolute Gasteiger partial charge is 0.360 e. The highest BCUT2D eigenvalue weighted by Crippen LogP contribution is 2.30. The van der Waals surface area contributed by atoms with Gasteiger partial charge in [0.15, 0.2) is 0 Å². The van der Waals surface area contributed by atoms with Gasteiger partial charge in [-0.2, -0.15) is 0 Å². The van der Waals surface area contributed by atoms with Gasteiger partial charge < -0.3 is 20.6 Å². The molecule has 3 aromatic heterocycles. The van der Waals surface area contributed by atoms with E-state index in [1.54, 1.807) is 0 Å². The molecule has 32 heavy (non-hydrogen) atoms. The number of urea groups is 1. The van der Waals surface area contributed by atoms with Gasteiger partial charge in [0.1, 0.15) is 11.4 Å². The van der Waals surface area contributed by atoms with E-state index in [4.69, 9.17) is 9.97 Å². The molecule has 7 nitrogen and oxygen atoms in total. The van der Waals surface area contributed by atoms with Crippen molar-refractivity contribution in [3.8, 4) is 22.8 Å². The fourth-order valence-electron chi connectivity index (χ4n) is 3.58. The van der Waals surface area contributed by atoms with Gasteiger partial charge in [0.2, 0.25) is 0 Å². The molecule has 0 radical (unpaired) electrons. The van der Waals surface area contributed by atoms with E-state index in [2.05, 4.69) is 20.6 Å². The van der Waals surface area contributed by atoms with Crippen molar-refractivity contribution in [1.82, 2.24) is 19.9 Å². The van der Waals surface area contributed by atoms with E-state index in [9.17, 15) is 4.79 Å². The number of nitrogens with one attached hydrogen (secondary N) is 4. The maximum atomic E-state index is 12.5. The Hall–Kier alpha value is -4.39. The molecule has 4 N–H and O–H groups in total. The van der Waals surface area contributed by atoms with Crippen LogP contribution in [0, 0.1) is 13.8 Å². The second kappa shape index (κ2) is 8.03. The van der Waals surface area contributed by atoms with Gasteiger partial charge in [-0.25, -0.2) is 14.8 Å². The lowest BCUT2D eigenvalue weighted by Gasteiger charge is -2.11. The summed E-state index contributed by atoms with van der Waals surface area (Å²) in [5, 5.41) is 5.75. The van der Waals surface area contributed by atoms with Crippen LogP contribution in [0.3, 0.4) is 0 Å². The van der Waals surface area contributed by atoms with Crippen LogP contribution in [0.4, 0.5) is 16.2 Å². The molecule has 0 saturated heterocycles. The molecule has 0 fully saturated rings. The molecular weight excluding hydrogens is 400 g/mol. The molecular formula is C25H22N6O. The quantitative estimate of drug-likeness (QED) is 0.291. The fourth-order valence-corrected chi connectivity index (χ4v) is 3.58. The molecule has 0 aliphatic heterocycles. The summed E-state index contributed by atoms with van der Waals surface area (Å²) in [6.45, 7) is 4.06. The Bertz CT molecular complexity index is 1400. The summed E-state index contributed by atoms with van der Waals surface area (Å²) in [5.41, 5.74) is 8.38. The predicted octanol–water partition coefficient (Wildman–Crippen LogP) is 5.88. The van der Waals surface area contributed by atoms with Crippen LogP contribution in [-0.2, 0) is 0 Å². The molecule has 158 valence electrons.